The second kappa shape index (κ2) is 6.87. The Morgan fingerprint density at radius 3 is 2.62 bits per heavy atom. The van der Waals surface area contributed by atoms with E-state index in [1.165, 1.54) is 6.92 Å². The van der Waals surface area contributed by atoms with E-state index >= 15 is 0 Å². The lowest BCUT2D eigenvalue weighted by Gasteiger charge is -2.67. The van der Waals surface area contributed by atoms with Crippen LogP contribution in [0.4, 0.5) is 0 Å². The number of carbonyl (C=O) groups excluding carboxylic acids is 2. The average Bonchev–Trinajstić information content (AvgIpc) is 3.10. The molecule has 174 valence electrons. The standard InChI is InChI=1S/C25H32BrNO5/c1-12-6-7-16-23(3,4)17(31-13(2)28)8-9-25(16)24(12,5)10-14-20(29)19(26)18-15(21(14)32-25)11-27-22(18)30/h12,16-17,29H,6-11H2,1-5H3,(H,27,30)/t12-,16-,17-,24+,25-/m0/s1. The third-order valence-electron chi connectivity index (χ3n) is 9.36. The second-order valence-corrected chi connectivity index (χ2v) is 11.9. The van der Waals surface area contributed by atoms with Crippen LogP contribution in [-0.2, 0) is 22.5 Å². The first kappa shape index (κ1) is 22.1. The zero-order valence-electron chi connectivity index (χ0n) is 19.4. The monoisotopic (exact) mass is 505 g/mol. The van der Waals surface area contributed by atoms with Gasteiger partial charge in [0, 0.05) is 41.3 Å². The van der Waals surface area contributed by atoms with E-state index < -0.39 is 5.60 Å². The molecule has 0 saturated heterocycles. The van der Waals surface area contributed by atoms with Crippen molar-refractivity contribution in [2.24, 2.45) is 22.7 Å². The van der Waals surface area contributed by atoms with Crippen molar-refractivity contribution >= 4 is 27.8 Å². The first-order valence-corrected chi connectivity index (χ1v) is 12.4. The minimum Gasteiger partial charge on any atom is -0.506 e. The molecule has 6 nitrogen and oxygen atoms in total. The number of fused-ring (bicyclic) bond motifs is 3. The fourth-order valence-corrected chi connectivity index (χ4v) is 8.08. The molecule has 2 N–H and O–H groups in total. The van der Waals surface area contributed by atoms with Crippen LogP contribution in [0.15, 0.2) is 4.47 Å². The maximum atomic E-state index is 12.5. The predicted molar refractivity (Wildman–Crippen MR) is 123 cm³/mol. The average molecular weight is 506 g/mol. The van der Waals surface area contributed by atoms with Gasteiger partial charge >= 0.3 is 5.97 Å². The van der Waals surface area contributed by atoms with E-state index in [1.54, 1.807) is 0 Å². The molecule has 0 unspecified atom stereocenters. The molecule has 1 spiro atoms. The number of ether oxygens (including phenoxy) is 2. The van der Waals surface area contributed by atoms with Crippen molar-refractivity contribution in [3.8, 4) is 11.5 Å². The number of hydrogen-bond acceptors (Lipinski definition) is 5. The van der Waals surface area contributed by atoms with Crippen LogP contribution in [0, 0.1) is 22.7 Å². The third kappa shape index (κ3) is 2.63. The summed E-state index contributed by atoms with van der Waals surface area (Å²) in [6, 6.07) is 0. The molecule has 2 saturated carbocycles. The van der Waals surface area contributed by atoms with E-state index in [0.29, 0.717) is 34.7 Å². The Labute approximate surface area is 197 Å². The molecule has 2 heterocycles. The van der Waals surface area contributed by atoms with E-state index in [2.05, 4.69) is 48.9 Å². The Morgan fingerprint density at radius 2 is 1.94 bits per heavy atom. The number of benzene rings is 1. The molecule has 2 aliphatic carbocycles. The molecular formula is C25H32BrNO5. The maximum absolute atomic E-state index is 12.5. The van der Waals surface area contributed by atoms with Gasteiger partial charge in [-0.2, -0.15) is 0 Å². The van der Waals surface area contributed by atoms with Crippen LogP contribution >= 0.6 is 15.9 Å². The molecule has 0 radical (unpaired) electrons. The van der Waals surface area contributed by atoms with E-state index in [1.807, 2.05) is 0 Å². The highest BCUT2D eigenvalue weighted by molar-refractivity contribution is 9.10. The van der Waals surface area contributed by atoms with Gasteiger partial charge in [0.05, 0.1) is 10.0 Å². The summed E-state index contributed by atoms with van der Waals surface area (Å²) < 4.78 is 13.4. The number of halogens is 1. The SMILES string of the molecule is CC(=O)O[C@H]1CC[C@@]23Oc4c(c(O)c(Br)c5c4CNC5=O)C[C@]2(C)[C@@H](C)CC[C@H]3C1(C)C. The largest absolute Gasteiger partial charge is 0.506 e. The Kier molecular flexibility index (Phi) is 4.74. The molecule has 1 aromatic carbocycles. The van der Waals surface area contributed by atoms with Crippen molar-refractivity contribution in [3.05, 3.63) is 21.2 Å². The molecule has 2 fully saturated rings. The van der Waals surface area contributed by atoms with E-state index in [4.69, 9.17) is 9.47 Å². The molecule has 0 bridgehead atoms. The van der Waals surface area contributed by atoms with Crippen molar-refractivity contribution < 1.29 is 24.2 Å². The molecule has 5 atom stereocenters. The molecule has 7 heteroatoms. The summed E-state index contributed by atoms with van der Waals surface area (Å²) in [7, 11) is 0. The number of hydrogen-bond donors (Lipinski definition) is 2. The highest BCUT2D eigenvalue weighted by Crippen LogP contribution is 2.67. The summed E-state index contributed by atoms with van der Waals surface area (Å²) in [5.74, 6) is 0.962. The Bertz CT molecular complexity index is 1040. The lowest BCUT2D eigenvalue weighted by Crippen LogP contribution is -2.70. The zero-order valence-corrected chi connectivity index (χ0v) is 21.0. The summed E-state index contributed by atoms with van der Waals surface area (Å²) in [6.45, 7) is 10.9. The maximum Gasteiger partial charge on any atom is 0.302 e. The number of rotatable bonds is 1. The number of carbonyl (C=O) groups is 2. The summed E-state index contributed by atoms with van der Waals surface area (Å²) in [6.07, 6.45) is 4.13. The van der Waals surface area contributed by atoms with Crippen molar-refractivity contribution in [2.75, 3.05) is 0 Å². The number of amides is 1. The normalized spacial score (nSPS) is 36.7. The van der Waals surface area contributed by atoms with Crippen molar-refractivity contribution in [2.45, 2.75) is 85.0 Å². The second-order valence-electron chi connectivity index (χ2n) is 11.1. The van der Waals surface area contributed by atoms with Gasteiger partial charge in [-0.15, -0.1) is 0 Å². The number of aromatic hydroxyl groups is 1. The van der Waals surface area contributed by atoms with Gasteiger partial charge < -0.3 is 19.9 Å². The molecule has 2 aliphatic heterocycles. The van der Waals surface area contributed by atoms with Crippen LogP contribution < -0.4 is 10.1 Å². The summed E-state index contributed by atoms with van der Waals surface area (Å²) in [5.41, 5.74) is 1.22. The fraction of sp³-hybridized carbons (Fsp3) is 0.680. The van der Waals surface area contributed by atoms with E-state index in [9.17, 15) is 14.7 Å². The van der Waals surface area contributed by atoms with Gasteiger partial charge in [0.25, 0.3) is 5.91 Å². The highest BCUT2D eigenvalue weighted by Gasteiger charge is 2.68. The number of phenolic OH excluding ortho intramolecular Hbond substituents is 1. The zero-order chi connectivity index (χ0) is 23.2. The topological polar surface area (TPSA) is 84.9 Å². The predicted octanol–water partition coefficient (Wildman–Crippen LogP) is 4.88. The smallest absolute Gasteiger partial charge is 0.302 e. The molecule has 1 aromatic rings. The quantitative estimate of drug-likeness (QED) is 0.531. The molecule has 32 heavy (non-hydrogen) atoms. The van der Waals surface area contributed by atoms with Gasteiger partial charge in [0.1, 0.15) is 23.2 Å². The lowest BCUT2D eigenvalue weighted by molar-refractivity contribution is -0.238. The first-order valence-electron chi connectivity index (χ1n) is 11.6. The molecule has 5 rings (SSSR count). The van der Waals surface area contributed by atoms with Crippen LogP contribution in [-0.4, -0.2) is 28.7 Å². The molecule has 1 amide bonds. The summed E-state index contributed by atoms with van der Waals surface area (Å²) in [4.78, 5) is 24.3. The van der Waals surface area contributed by atoms with E-state index in [0.717, 1.165) is 36.8 Å². The highest BCUT2D eigenvalue weighted by atomic mass is 79.9. The molecule has 0 aromatic heterocycles. The van der Waals surface area contributed by atoms with Crippen LogP contribution in [0.5, 0.6) is 11.5 Å². The van der Waals surface area contributed by atoms with E-state index in [-0.39, 0.29) is 40.5 Å². The number of nitrogens with one attached hydrogen (secondary N) is 1. The Balaban J connectivity index is 1.69. The molecule has 4 aliphatic rings. The number of phenols is 1. The van der Waals surface area contributed by atoms with Crippen molar-refractivity contribution in [3.63, 3.8) is 0 Å². The minimum atomic E-state index is -0.447. The fourth-order valence-electron chi connectivity index (χ4n) is 7.42. The molecular weight excluding hydrogens is 474 g/mol. The Morgan fingerprint density at radius 1 is 1.22 bits per heavy atom. The van der Waals surface area contributed by atoms with Crippen molar-refractivity contribution in [1.29, 1.82) is 0 Å². The van der Waals surface area contributed by atoms with Gasteiger partial charge in [0.15, 0.2) is 0 Å². The van der Waals surface area contributed by atoms with Crippen LogP contribution in [0.2, 0.25) is 0 Å². The van der Waals surface area contributed by atoms with Gasteiger partial charge in [-0.25, -0.2) is 0 Å². The minimum absolute atomic E-state index is 0.119. The Hall–Kier alpha value is -1.76. The van der Waals surface area contributed by atoms with Gasteiger partial charge in [0.2, 0.25) is 0 Å². The summed E-state index contributed by atoms with van der Waals surface area (Å²) in [5, 5.41) is 14.0. The van der Waals surface area contributed by atoms with Crippen LogP contribution in [0.1, 0.15) is 81.8 Å². The summed E-state index contributed by atoms with van der Waals surface area (Å²) >= 11 is 3.47. The van der Waals surface area contributed by atoms with Crippen LogP contribution in [0.25, 0.3) is 0 Å². The van der Waals surface area contributed by atoms with Gasteiger partial charge in [-0.3, -0.25) is 9.59 Å². The first-order chi connectivity index (χ1) is 14.9. The number of esters is 1. The third-order valence-corrected chi connectivity index (χ3v) is 10.1. The van der Waals surface area contributed by atoms with Crippen molar-refractivity contribution in [1.82, 2.24) is 5.32 Å². The van der Waals surface area contributed by atoms with Gasteiger partial charge in [-0.1, -0.05) is 27.7 Å². The van der Waals surface area contributed by atoms with Crippen LogP contribution in [0.3, 0.4) is 0 Å². The lowest BCUT2D eigenvalue weighted by atomic mass is 9.43. The van der Waals surface area contributed by atoms with Gasteiger partial charge in [-0.05, 0) is 54.0 Å².